The molecule has 0 unspecified atom stereocenters. The van der Waals surface area contributed by atoms with E-state index in [1.165, 1.54) is 23.7 Å². The van der Waals surface area contributed by atoms with Crippen LogP contribution in [0, 0.1) is 6.92 Å². The van der Waals surface area contributed by atoms with E-state index in [0.29, 0.717) is 29.0 Å². The maximum absolute atomic E-state index is 12.5. The van der Waals surface area contributed by atoms with Crippen LogP contribution in [-0.4, -0.2) is 38.8 Å². The molecule has 2 atom stereocenters. The van der Waals surface area contributed by atoms with E-state index in [9.17, 15) is 4.79 Å². The number of carbonyl (C=O) groups excluding carboxylic acids is 1. The van der Waals surface area contributed by atoms with Gasteiger partial charge in [-0.1, -0.05) is 29.5 Å². The SMILES string of the molecule is Cc1ccc(OCc2nnc(SCC(=O)N3[C@@H](C)CCC[C@@H]3C)o2)cc1. The van der Waals surface area contributed by atoms with E-state index < -0.39 is 0 Å². The van der Waals surface area contributed by atoms with Crippen molar-refractivity contribution in [2.75, 3.05) is 5.75 Å². The normalized spacial score (nSPS) is 20.2. The Hall–Kier alpha value is -2.02. The second-order valence-corrected chi connectivity index (χ2v) is 7.71. The predicted molar refractivity (Wildman–Crippen MR) is 100 cm³/mol. The molecule has 7 heteroatoms. The fraction of sp³-hybridized carbons (Fsp3) is 0.526. The molecule has 6 nitrogen and oxygen atoms in total. The smallest absolute Gasteiger partial charge is 0.277 e. The van der Waals surface area contributed by atoms with Gasteiger partial charge in [-0.2, -0.15) is 0 Å². The van der Waals surface area contributed by atoms with Crippen LogP contribution in [0.25, 0.3) is 0 Å². The molecule has 0 spiro atoms. The summed E-state index contributed by atoms with van der Waals surface area (Å²) < 4.78 is 11.2. The summed E-state index contributed by atoms with van der Waals surface area (Å²) in [6.45, 7) is 6.47. The first-order valence-electron chi connectivity index (χ1n) is 8.98. The lowest BCUT2D eigenvalue weighted by atomic mass is 9.98. The minimum absolute atomic E-state index is 0.130. The maximum Gasteiger partial charge on any atom is 0.277 e. The van der Waals surface area contributed by atoms with Crippen molar-refractivity contribution in [2.45, 2.75) is 63.9 Å². The highest BCUT2D eigenvalue weighted by atomic mass is 32.2. The molecule has 2 heterocycles. The van der Waals surface area contributed by atoms with Crippen molar-refractivity contribution in [3.8, 4) is 5.75 Å². The van der Waals surface area contributed by atoms with Crippen LogP contribution < -0.4 is 4.74 Å². The van der Waals surface area contributed by atoms with Gasteiger partial charge < -0.3 is 14.1 Å². The number of rotatable bonds is 6. The lowest BCUT2D eigenvalue weighted by Gasteiger charge is -2.39. The van der Waals surface area contributed by atoms with Gasteiger partial charge in [-0.25, -0.2) is 0 Å². The summed E-state index contributed by atoms with van der Waals surface area (Å²) in [5.41, 5.74) is 1.18. The van der Waals surface area contributed by atoms with Gasteiger partial charge >= 0.3 is 0 Å². The fourth-order valence-electron chi connectivity index (χ4n) is 3.25. The number of aryl methyl sites for hydroxylation is 1. The second kappa shape index (κ2) is 8.58. The van der Waals surface area contributed by atoms with Gasteiger partial charge in [0, 0.05) is 12.1 Å². The van der Waals surface area contributed by atoms with E-state index in [1.807, 2.05) is 36.1 Å². The average Bonchev–Trinajstić information content (AvgIpc) is 3.07. The molecule has 0 saturated carbocycles. The van der Waals surface area contributed by atoms with Gasteiger partial charge in [0.05, 0.1) is 5.75 Å². The van der Waals surface area contributed by atoms with Crippen molar-refractivity contribution in [3.05, 3.63) is 35.7 Å². The molecule has 1 saturated heterocycles. The van der Waals surface area contributed by atoms with Crippen molar-refractivity contribution in [1.29, 1.82) is 0 Å². The Morgan fingerprint density at radius 2 is 1.92 bits per heavy atom. The Bertz CT molecular complexity index is 722. The van der Waals surface area contributed by atoms with Crippen molar-refractivity contribution in [1.82, 2.24) is 15.1 Å². The molecule has 1 fully saturated rings. The fourth-order valence-corrected chi connectivity index (χ4v) is 3.90. The van der Waals surface area contributed by atoms with Crippen molar-refractivity contribution in [3.63, 3.8) is 0 Å². The highest BCUT2D eigenvalue weighted by Gasteiger charge is 2.29. The maximum atomic E-state index is 12.5. The van der Waals surface area contributed by atoms with Gasteiger partial charge in [-0.15, -0.1) is 10.2 Å². The van der Waals surface area contributed by atoms with Crippen LogP contribution in [-0.2, 0) is 11.4 Å². The number of hydrogen-bond acceptors (Lipinski definition) is 6. The molecular formula is C19H25N3O3S. The zero-order chi connectivity index (χ0) is 18.5. The number of likely N-dealkylation sites (tertiary alicyclic amines) is 1. The van der Waals surface area contributed by atoms with Crippen LogP contribution in [0.1, 0.15) is 44.6 Å². The van der Waals surface area contributed by atoms with Gasteiger partial charge in [-0.05, 0) is 52.2 Å². The average molecular weight is 375 g/mol. The summed E-state index contributed by atoms with van der Waals surface area (Å²) in [6.07, 6.45) is 3.33. The summed E-state index contributed by atoms with van der Waals surface area (Å²) in [7, 11) is 0. The highest BCUT2D eigenvalue weighted by molar-refractivity contribution is 7.99. The van der Waals surface area contributed by atoms with Gasteiger partial charge in [0.1, 0.15) is 5.75 Å². The Morgan fingerprint density at radius 1 is 1.23 bits per heavy atom. The number of aromatic nitrogens is 2. The van der Waals surface area contributed by atoms with Crippen molar-refractivity contribution >= 4 is 17.7 Å². The molecule has 0 radical (unpaired) electrons. The number of hydrogen-bond donors (Lipinski definition) is 0. The van der Waals surface area contributed by atoms with Gasteiger partial charge in [0.2, 0.25) is 5.91 Å². The molecular weight excluding hydrogens is 350 g/mol. The Morgan fingerprint density at radius 3 is 2.62 bits per heavy atom. The minimum atomic E-state index is 0.130. The van der Waals surface area contributed by atoms with Crippen LogP contribution in [0.4, 0.5) is 0 Å². The largest absolute Gasteiger partial charge is 0.484 e. The third-order valence-corrected chi connectivity index (χ3v) is 5.44. The summed E-state index contributed by atoms with van der Waals surface area (Å²) >= 11 is 1.28. The zero-order valence-electron chi connectivity index (χ0n) is 15.5. The van der Waals surface area contributed by atoms with E-state index in [2.05, 4.69) is 24.0 Å². The number of amides is 1. The van der Waals surface area contributed by atoms with Crippen molar-refractivity contribution in [2.24, 2.45) is 0 Å². The number of ether oxygens (including phenoxy) is 1. The number of benzene rings is 1. The predicted octanol–water partition coefficient (Wildman–Crippen LogP) is 3.84. The summed E-state index contributed by atoms with van der Waals surface area (Å²) in [4.78, 5) is 14.5. The molecule has 0 aliphatic carbocycles. The van der Waals surface area contributed by atoms with Gasteiger partial charge in [0.15, 0.2) is 6.61 Å². The van der Waals surface area contributed by atoms with E-state index in [-0.39, 0.29) is 12.5 Å². The van der Waals surface area contributed by atoms with Gasteiger partial charge in [0.25, 0.3) is 11.1 Å². The van der Waals surface area contributed by atoms with E-state index in [1.54, 1.807) is 0 Å². The third-order valence-electron chi connectivity index (χ3n) is 4.63. The van der Waals surface area contributed by atoms with Crippen LogP contribution in [0.5, 0.6) is 5.75 Å². The molecule has 1 aliphatic rings. The number of thioether (sulfide) groups is 1. The van der Waals surface area contributed by atoms with Gasteiger partial charge in [-0.3, -0.25) is 4.79 Å². The number of nitrogens with zero attached hydrogens (tertiary/aromatic N) is 3. The first-order valence-corrected chi connectivity index (χ1v) is 9.97. The Balaban J connectivity index is 1.48. The summed E-state index contributed by atoms with van der Waals surface area (Å²) in [5.74, 6) is 1.60. The second-order valence-electron chi connectivity index (χ2n) is 6.78. The molecule has 0 bridgehead atoms. The zero-order valence-corrected chi connectivity index (χ0v) is 16.3. The summed E-state index contributed by atoms with van der Waals surface area (Å²) in [5, 5.41) is 8.38. The Kier molecular flexibility index (Phi) is 6.19. The lowest BCUT2D eigenvalue weighted by molar-refractivity contribution is -0.134. The van der Waals surface area contributed by atoms with Crippen LogP contribution in [0.15, 0.2) is 33.9 Å². The molecule has 1 amide bonds. The summed E-state index contributed by atoms with van der Waals surface area (Å²) in [6, 6.07) is 8.38. The lowest BCUT2D eigenvalue weighted by Crippen LogP contribution is -2.48. The van der Waals surface area contributed by atoms with E-state index in [4.69, 9.17) is 9.15 Å². The molecule has 1 aromatic heterocycles. The van der Waals surface area contributed by atoms with E-state index in [0.717, 1.165) is 18.6 Å². The monoisotopic (exact) mass is 375 g/mol. The molecule has 2 aromatic rings. The molecule has 140 valence electrons. The molecule has 26 heavy (non-hydrogen) atoms. The molecule has 1 aromatic carbocycles. The molecule has 3 rings (SSSR count). The van der Waals surface area contributed by atoms with Crippen LogP contribution in [0.2, 0.25) is 0 Å². The molecule has 1 aliphatic heterocycles. The first kappa shape index (κ1) is 18.8. The van der Waals surface area contributed by atoms with Crippen LogP contribution >= 0.6 is 11.8 Å². The topological polar surface area (TPSA) is 68.5 Å². The van der Waals surface area contributed by atoms with E-state index >= 15 is 0 Å². The minimum Gasteiger partial charge on any atom is -0.484 e. The van der Waals surface area contributed by atoms with Crippen LogP contribution in [0.3, 0.4) is 0 Å². The Labute approximate surface area is 158 Å². The molecule has 0 N–H and O–H groups in total. The highest BCUT2D eigenvalue weighted by Crippen LogP contribution is 2.25. The number of piperidine rings is 1. The quantitative estimate of drug-likeness (QED) is 0.715. The third kappa shape index (κ3) is 4.78. The standard InChI is InChI=1S/C19H25N3O3S/c1-13-7-9-16(10-8-13)24-11-17-20-21-19(25-17)26-12-18(23)22-14(2)5-4-6-15(22)3/h7-10,14-15H,4-6,11-12H2,1-3H3/t14-,15-/m0/s1. The van der Waals surface area contributed by atoms with Crippen molar-refractivity contribution < 1.29 is 13.9 Å². The number of carbonyl (C=O) groups is 1. The first-order chi connectivity index (χ1) is 12.5.